The van der Waals surface area contributed by atoms with Crippen molar-refractivity contribution in [3.05, 3.63) is 52.7 Å². The lowest BCUT2D eigenvalue weighted by atomic mass is 9.81. The van der Waals surface area contributed by atoms with E-state index in [9.17, 15) is 14.4 Å². The molecule has 2 aromatic rings. The molecule has 2 aliphatic rings. The van der Waals surface area contributed by atoms with Crippen LogP contribution < -0.4 is 5.32 Å². The Kier molecular flexibility index (Phi) is 4.88. The Morgan fingerprint density at radius 1 is 1.27 bits per heavy atom. The Hall–Kier alpha value is -3.16. The Labute approximate surface area is 175 Å². The van der Waals surface area contributed by atoms with Crippen LogP contribution in [0.5, 0.6) is 0 Å². The van der Waals surface area contributed by atoms with Gasteiger partial charge in [0, 0.05) is 39.7 Å². The van der Waals surface area contributed by atoms with Gasteiger partial charge in [0.05, 0.1) is 17.2 Å². The SMILES string of the molecule is Cc1nc(C)c(C(=O)N2C[C@H](C(=O)N(C)C)[C@]3(CCc4ccccc4C(=O)N3)C2)o1. The minimum Gasteiger partial charge on any atom is -0.436 e. The lowest BCUT2D eigenvalue weighted by Gasteiger charge is -2.34. The highest BCUT2D eigenvalue weighted by Crippen LogP contribution is 2.37. The topological polar surface area (TPSA) is 95.8 Å². The number of fused-ring (bicyclic) bond motifs is 1. The molecule has 1 spiro atoms. The molecular weight excluding hydrogens is 384 g/mol. The zero-order valence-electron chi connectivity index (χ0n) is 17.7. The first kappa shape index (κ1) is 20.1. The number of oxazole rings is 1. The first-order valence-electron chi connectivity index (χ1n) is 10.1. The van der Waals surface area contributed by atoms with Gasteiger partial charge in [-0.25, -0.2) is 4.98 Å². The van der Waals surface area contributed by atoms with Crippen LogP contribution in [-0.4, -0.2) is 65.2 Å². The van der Waals surface area contributed by atoms with E-state index in [0.717, 1.165) is 5.56 Å². The van der Waals surface area contributed by atoms with Crippen LogP contribution in [0.4, 0.5) is 0 Å². The molecule has 2 aliphatic heterocycles. The Bertz CT molecular complexity index is 1030. The Morgan fingerprint density at radius 2 is 2.00 bits per heavy atom. The van der Waals surface area contributed by atoms with Crippen LogP contribution >= 0.6 is 0 Å². The van der Waals surface area contributed by atoms with Gasteiger partial charge in [0.1, 0.15) is 0 Å². The van der Waals surface area contributed by atoms with Crippen molar-refractivity contribution in [2.75, 3.05) is 27.2 Å². The maximum atomic E-state index is 13.2. The second kappa shape index (κ2) is 7.27. The molecule has 1 N–H and O–H groups in total. The predicted molar refractivity (Wildman–Crippen MR) is 109 cm³/mol. The first-order valence-corrected chi connectivity index (χ1v) is 10.1. The van der Waals surface area contributed by atoms with Gasteiger partial charge in [-0.15, -0.1) is 0 Å². The van der Waals surface area contributed by atoms with Gasteiger partial charge < -0.3 is 19.5 Å². The van der Waals surface area contributed by atoms with E-state index in [1.165, 1.54) is 4.90 Å². The van der Waals surface area contributed by atoms with Crippen LogP contribution in [0.25, 0.3) is 0 Å². The van der Waals surface area contributed by atoms with Gasteiger partial charge in [0.25, 0.3) is 11.8 Å². The molecule has 1 saturated heterocycles. The molecule has 3 heterocycles. The average molecular weight is 410 g/mol. The molecule has 4 rings (SSSR count). The van der Waals surface area contributed by atoms with E-state index < -0.39 is 11.5 Å². The van der Waals surface area contributed by atoms with E-state index in [1.54, 1.807) is 38.9 Å². The van der Waals surface area contributed by atoms with Gasteiger partial charge in [-0.2, -0.15) is 0 Å². The minimum atomic E-state index is -0.837. The molecule has 0 radical (unpaired) electrons. The lowest BCUT2D eigenvalue weighted by molar-refractivity contribution is -0.134. The summed E-state index contributed by atoms with van der Waals surface area (Å²) < 4.78 is 5.52. The van der Waals surface area contributed by atoms with Crippen molar-refractivity contribution in [1.82, 2.24) is 20.1 Å². The molecule has 0 aliphatic carbocycles. The normalized spacial score (nSPS) is 23.1. The molecule has 0 unspecified atom stereocenters. The number of nitrogens with zero attached hydrogens (tertiary/aromatic N) is 3. The number of aromatic nitrogens is 1. The van der Waals surface area contributed by atoms with E-state index in [-0.39, 0.29) is 36.6 Å². The highest BCUT2D eigenvalue weighted by Gasteiger charge is 2.53. The number of carbonyl (C=O) groups excluding carboxylic acids is 3. The minimum absolute atomic E-state index is 0.109. The summed E-state index contributed by atoms with van der Waals surface area (Å²) in [5, 5.41) is 3.13. The van der Waals surface area contributed by atoms with Crippen LogP contribution in [0.3, 0.4) is 0 Å². The molecule has 1 aromatic carbocycles. The summed E-state index contributed by atoms with van der Waals surface area (Å²) in [6.07, 6.45) is 1.22. The summed E-state index contributed by atoms with van der Waals surface area (Å²) in [5.41, 5.74) is 1.26. The van der Waals surface area contributed by atoms with Crippen LogP contribution in [0.1, 0.15) is 44.5 Å². The smallest absolute Gasteiger partial charge is 0.291 e. The van der Waals surface area contributed by atoms with Crippen LogP contribution in [0, 0.1) is 19.8 Å². The predicted octanol–water partition coefficient (Wildman–Crippen LogP) is 1.57. The number of rotatable bonds is 2. The van der Waals surface area contributed by atoms with E-state index in [1.807, 2.05) is 18.2 Å². The van der Waals surface area contributed by atoms with Crippen LogP contribution in [-0.2, 0) is 11.2 Å². The molecule has 1 fully saturated rings. The van der Waals surface area contributed by atoms with E-state index >= 15 is 0 Å². The van der Waals surface area contributed by atoms with E-state index in [4.69, 9.17) is 4.42 Å². The van der Waals surface area contributed by atoms with Crippen molar-refractivity contribution in [2.45, 2.75) is 32.2 Å². The second-order valence-corrected chi connectivity index (χ2v) is 8.39. The molecule has 0 bridgehead atoms. The Balaban J connectivity index is 1.70. The van der Waals surface area contributed by atoms with Crippen molar-refractivity contribution < 1.29 is 18.8 Å². The maximum absolute atomic E-state index is 13.2. The summed E-state index contributed by atoms with van der Waals surface area (Å²) >= 11 is 0. The quantitative estimate of drug-likeness (QED) is 0.811. The third-order valence-corrected chi connectivity index (χ3v) is 6.13. The maximum Gasteiger partial charge on any atom is 0.291 e. The molecule has 30 heavy (non-hydrogen) atoms. The fraction of sp³-hybridized carbons (Fsp3) is 0.455. The number of carbonyl (C=O) groups is 3. The number of aryl methyl sites for hydroxylation is 3. The number of benzene rings is 1. The summed E-state index contributed by atoms with van der Waals surface area (Å²) in [4.78, 5) is 46.6. The molecular formula is C22H26N4O4. The number of likely N-dealkylation sites (tertiary alicyclic amines) is 1. The number of amides is 3. The van der Waals surface area contributed by atoms with Gasteiger partial charge in [-0.05, 0) is 31.4 Å². The largest absolute Gasteiger partial charge is 0.436 e. The third-order valence-electron chi connectivity index (χ3n) is 6.13. The zero-order valence-corrected chi connectivity index (χ0v) is 17.7. The first-order chi connectivity index (χ1) is 14.2. The highest BCUT2D eigenvalue weighted by atomic mass is 16.4. The molecule has 1 aromatic heterocycles. The summed E-state index contributed by atoms with van der Waals surface area (Å²) in [7, 11) is 3.38. The fourth-order valence-corrected chi connectivity index (χ4v) is 4.62. The van der Waals surface area contributed by atoms with Crippen molar-refractivity contribution >= 4 is 17.7 Å². The molecule has 8 nitrogen and oxygen atoms in total. The average Bonchev–Trinajstić information content (AvgIpc) is 3.20. The second-order valence-electron chi connectivity index (χ2n) is 8.39. The van der Waals surface area contributed by atoms with Gasteiger partial charge in [-0.1, -0.05) is 18.2 Å². The van der Waals surface area contributed by atoms with Gasteiger partial charge in [0.15, 0.2) is 5.89 Å². The van der Waals surface area contributed by atoms with Crippen molar-refractivity contribution in [1.29, 1.82) is 0 Å². The van der Waals surface area contributed by atoms with Crippen molar-refractivity contribution in [3.8, 4) is 0 Å². The van der Waals surface area contributed by atoms with Crippen LogP contribution in [0.2, 0.25) is 0 Å². The Morgan fingerprint density at radius 3 is 2.67 bits per heavy atom. The summed E-state index contributed by atoms with van der Waals surface area (Å²) in [6.45, 7) is 3.87. The number of hydrogen-bond acceptors (Lipinski definition) is 5. The van der Waals surface area contributed by atoms with E-state index in [2.05, 4.69) is 10.3 Å². The summed E-state index contributed by atoms with van der Waals surface area (Å²) in [5.74, 6) is -0.563. The molecule has 2 atom stereocenters. The van der Waals surface area contributed by atoms with Gasteiger partial charge in [0.2, 0.25) is 11.7 Å². The monoisotopic (exact) mass is 410 g/mol. The third kappa shape index (κ3) is 3.26. The lowest BCUT2D eigenvalue weighted by Crippen LogP contribution is -2.57. The van der Waals surface area contributed by atoms with Crippen molar-refractivity contribution in [2.24, 2.45) is 5.92 Å². The highest BCUT2D eigenvalue weighted by molar-refractivity contribution is 5.98. The standard InChI is InChI=1S/C22H26N4O4/c1-13-18(30-14(2)23-13)21(29)26-11-17(20(28)25(3)4)22(12-26)10-9-15-7-5-6-8-16(15)19(27)24-22/h5-8,17H,9-12H2,1-4H3,(H,24,27)/t17-,22+/m1/s1. The molecule has 3 amide bonds. The molecule has 8 heteroatoms. The molecule has 158 valence electrons. The van der Waals surface area contributed by atoms with Gasteiger partial charge >= 0.3 is 0 Å². The fourth-order valence-electron chi connectivity index (χ4n) is 4.62. The summed E-state index contributed by atoms with van der Waals surface area (Å²) in [6, 6.07) is 7.48. The zero-order chi connectivity index (χ0) is 21.6. The number of nitrogens with one attached hydrogen (secondary N) is 1. The van der Waals surface area contributed by atoms with Gasteiger partial charge in [-0.3, -0.25) is 14.4 Å². The molecule has 0 saturated carbocycles. The van der Waals surface area contributed by atoms with Crippen molar-refractivity contribution in [3.63, 3.8) is 0 Å². The van der Waals surface area contributed by atoms with Crippen LogP contribution in [0.15, 0.2) is 28.7 Å². The number of hydrogen-bond donors (Lipinski definition) is 1. The van der Waals surface area contributed by atoms with E-state index in [0.29, 0.717) is 30.0 Å².